The van der Waals surface area contributed by atoms with Crippen LogP contribution in [0.5, 0.6) is 0 Å². The number of imidazole rings is 1. The minimum Gasteiger partial charge on any atom is -0.455 e. The predicted molar refractivity (Wildman–Crippen MR) is 76.8 cm³/mol. The van der Waals surface area contributed by atoms with Crippen molar-refractivity contribution in [1.29, 1.82) is 0 Å². The van der Waals surface area contributed by atoms with Crippen LogP contribution < -0.4 is 0 Å². The first-order valence-corrected chi connectivity index (χ1v) is 6.96. The van der Waals surface area contributed by atoms with Crippen molar-refractivity contribution >= 4 is 5.97 Å². The van der Waals surface area contributed by atoms with Gasteiger partial charge in [0, 0.05) is 25.5 Å². The van der Waals surface area contributed by atoms with E-state index in [-0.39, 0.29) is 5.69 Å². The molecule has 0 bridgehead atoms. The van der Waals surface area contributed by atoms with Gasteiger partial charge in [0.05, 0.1) is 12.0 Å². The van der Waals surface area contributed by atoms with Crippen molar-refractivity contribution in [2.45, 2.75) is 52.8 Å². The highest BCUT2D eigenvalue weighted by atomic mass is 16.6. The van der Waals surface area contributed by atoms with E-state index in [0.29, 0.717) is 6.54 Å². The van der Waals surface area contributed by atoms with Crippen LogP contribution in [0, 0.1) is 6.92 Å². The van der Waals surface area contributed by atoms with Gasteiger partial charge in [0.25, 0.3) is 0 Å². The number of ether oxygens (including phenoxy) is 1. The molecule has 2 aromatic rings. The largest absolute Gasteiger partial charge is 0.455 e. The van der Waals surface area contributed by atoms with Crippen molar-refractivity contribution in [3.05, 3.63) is 30.1 Å². The zero-order chi connectivity index (χ0) is 15.5. The van der Waals surface area contributed by atoms with E-state index >= 15 is 0 Å². The van der Waals surface area contributed by atoms with Crippen LogP contribution in [0.15, 0.2) is 18.7 Å². The Morgan fingerprint density at radius 3 is 2.71 bits per heavy atom. The molecule has 7 heteroatoms. The van der Waals surface area contributed by atoms with Gasteiger partial charge in [-0.1, -0.05) is 5.21 Å². The second-order valence-electron chi connectivity index (χ2n) is 5.90. The molecule has 0 aromatic carbocycles. The molecule has 0 unspecified atom stereocenters. The Morgan fingerprint density at radius 2 is 2.10 bits per heavy atom. The summed E-state index contributed by atoms with van der Waals surface area (Å²) in [5.74, 6) is -0.430. The molecule has 2 aromatic heterocycles. The average molecular weight is 291 g/mol. The summed E-state index contributed by atoms with van der Waals surface area (Å²) in [5.41, 5.74) is 0.483. The fourth-order valence-corrected chi connectivity index (χ4v) is 1.91. The van der Waals surface area contributed by atoms with E-state index in [4.69, 9.17) is 4.74 Å². The highest BCUT2D eigenvalue weighted by Gasteiger charge is 2.23. The number of carbonyl (C=O) groups excluding carboxylic acids is 1. The minimum atomic E-state index is -0.533. The summed E-state index contributed by atoms with van der Waals surface area (Å²) in [5, 5.41) is 7.96. The molecule has 0 aliphatic carbocycles. The molecule has 0 aliphatic rings. The third kappa shape index (κ3) is 4.14. The van der Waals surface area contributed by atoms with Crippen LogP contribution in [-0.4, -0.2) is 36.1 Å². The maximum absolute atomic E-state index is 12.0. The van der Waals surface area contributed by atoms with E-state index in [9.17, 15) is 4.79 Å². The summed E-state index contributed by atoms with van der Waals surface area (Å²) in [6, 6.07) is 0. The lowest BCUT2D eigenvalue weighted by atomic mass is 10.2. The van der Waals surface area contributed by atoms with Crippen LogP contribution in [0.4, 0.5) is 0 Å². The molecule has 0 radical (unpaired) electrons. The smallest absolute Gasteiger partial charge is 0.361 e. The first kappa shape index (κ1) is 15.2. The van der Waals surface area contributed by atoms with Crippen molar-refractivity contribution in [2.75, 3.05) is 0 Å². The number of aryl methyl sites for hydroxylation is 2. The normalized spacial score (nSPS) is 11.6. The van der Waals surface area contributed by atoms with Crippen molar-refractivity contribution in [1.82, 2.24) is 24.5 Å². The number of esters is 1. The van der Waals surface area contributed by atoms with Gasteiger partial charge in [0.2, 0.25) is 0 Å². The highest BCUT2D eigenvalue weighted by Crippen LogP contribution is 2.13. The SMILES string of the molecule is Cc1c(C(=O)OC(C)(C)C)nnn1CCCn1ccnc1. The maximum atomic E-state index is 12.0. The molecule has 0 aliphatic heterocycles. The number of carbonyl (C=O) groups is 1. The molecule has 21 heavy (non-hydrogen) atoms. The molecule has 114 valence electrons. The number of hydrogen-bond donors (Lipinski definition) is 0. The Hall–Kier alpha value is -2.18. The lowest BCUT2D eigenvalue weighted by Crippen LogP contribution is -2.24. The molecule has 2 heterocycles. The van der Waals surface area contributed by atoms with Crippen molar-refractivity contribution in [2.24, 2.45) is 0 Å². The summed E-state index contributed by atoms with van der Waals surface area (Å²) in [4.78, 5) is 16.0. The summed E-state index contributed by atoms with van der Waals surface area (Å²) in [6.07, 6.45) is 6.33. The van der Waals surface area contributed by atoms with E-state index in [1.54, 1.807) is 17.2 Å². The number of nitrogens with zero attached hydrogens (tertiary/aromatic N) is 5. The summed E-state index contributed by atoms with van der Waals surface area (Å²) in [6.45, 7) is 8.86. The highest BCUT2D eigenvalue weighted by molar-refractivity contribution is 5.88. The Morgan fingerprint density at radius 1 is 1.33 bits per heavy atom. The third-order valence-electron chi connectivity index (χ3n) is 2.92. The lowest BCUT2D eigenvalue weighted by Gasteiger charge is -2.18. The lowest BCUT2D eigenvalue weighted by molar-refractivity contribution is 0.00618. The van der Waals surface area contributed by atoms with Gasteiger partial charge in [-0.2, -0.15) is 0 Å². The second kappa shape index (κ2) is 6.07. The quantitative estimate of drug-likeness (QED) is 0.786. The first-order chi connectivity index (χ1) is 9.87. The number of rotatable bonds is 5. The fourth-order valence-electron chi connectivity index (χ4n) is 1.91. The molecular formula is C14H21N5O2. The van der Waals surface area contributed by atoms with E-state index in [2.05, 4.69) is 15.3 Å². The molecule has 0 amide bonds. The van der Waals surface area contributed by atoms with Gasteiger partial charge in [-0.15, -0.1) is 5.10 Å². The average Bonchev–Trinajstić information content (AvgIpc) is 2.98. The Labute approximate surface area is 123 Å². The molecule has 7 nitrogen and oxygen atoms in total. The number of aromatic nitrogens is 5. The zero-order valence-electron chi connectivity index (χ0n) is 12.9. The molecule has 2 rings (SSSR count). The summed E-state index contributed by atoms with van der Waals surface area (Å²) in [7, 11) is 0. The maximum Gasteiger partial charge on any atom is 0.361 e. The summed E-state index contributed by atoms with van der Waals surface area (Å²) >= 11 is 0. The van der Waals surface area contributed by atoms with Crippen molar-refractivity contribution in [3.63, 3.8) is 0 Å². The topological polar surface area (TPSA) is 74.8 Å². The predicted octanol–water partition coefficient (Wildman–Crippen LogP) is 1.83. The Bertz CT molecular complexity index is 595. The number of hydrogen-bond acceptors (Lipinski definition) is 5. The van der Waals surface area contributed by atoms with Crippen molar-refractivity contribution < 1.29 is 9.53 Å². The minimum absolute atomic E-state index is 0.285. The van der Waals surface area contributed by atoms with Crippen LogP contribution in [0.1, 0.15) is 43.4 Å². The summed E-state index contributed by atoms with van der Waals surface area (Å²) < 4.78 is 9.05. The fraction of sp³-hybridized carbons (Fsp3) is 0.571. The van der Waals surface area contributed by atoms with Gasteiger partial charge in [0.1, 0.15) is 5.60 Å². The van der Waals surface area contributed by atoms with E-state index in [1.165, 1.54) is 0 Å². The second-order valence-corrected chi connectivity index (χ2v) is 5.90. The van der Waals surface area contributed by atoms with Gasteiger partial charge in [-0.05, 0) is 34.1 Å². The molecule has 0 N–H and O–H groups in total. The molecule has 0 spiro atoms. The Kier molecular flexibility index (Phi) is 4.40. The molecule has 0 saturated heterocycles. The van der Waals surface area contributed by atoms with E-state index < -0.39 is 11.6 Å². The van der Waals surface area contributed by atoms with Crippen molar-refractivity contribution in [3.8, 4) is 0 Å². The monoisotopic (exact) mass is 291 g/mol. The van der Waals surface area contributed by atoms with E-state index in [0.717, 1.165) is 18.7 Å². The van der Waals surface area contributed by atoms with Gasteiger partial charge in [-0.25, -0.2) is 14.5 Å². The third-order valence-corrected chi connectivity index (χ3v) is 2.92. The molecule has 0 saturated carbocycles. The van der Waals surface area contributed by atoms with Gasteiger partial charge in [-0.3, -0.25) is 0 Å². The van der Waals surface area contributed by atoms with Crippen LogP contribution >= 0.6 is 0 Å². The van der Waals surface area contributed by atoms with Crippen LogP contribution in [0.2, 0.25) is 0 Å². The van der Waals surface area contributed by atoms with E-state index in [1.807, 2.05) is 38.5 Å². The molecule has 0 fully saturated rings. The first-order valence-electron chi connectivity index (χ1n) is 6.96. The van der Waals surface area contributed by atoms with Gasteiger partial charge in [0.15, 0.2) is 5.69 Å². The molecule has 0 atom stereocenters. The van der Waals surface area contributed by atoms with Crippen LogP contribution in [0.25, 0.3) is 0 Å². The molecular weight excluding hydrogens is 270 g/mol. The van der Waals surface area contributed by atoms with Crippen LogP contribution in [-0.2, 0) is 17.8 Å². The van der Waals surface area contributed by atoms with Gasteiger partial charge < -0.3 is 9.30 Å². The van der Waals surface area contributed by atoms with Gasteiger partial charge >= 0.3 is 5.97 Å². The Balaban J connectivity index is 1.95. The standard InChI is InChI=1S/C14H21N5O2/c1-11-12(13(20)21-14(2,3)4)16-17-19(11)8-5-7-18-9-6-15-10-18/h6,9-10H,5,7-8H2,1-4H3. The van der Waals surface area contributed by atoms with Crippen LogP contribution in [0.3, 0.4) is 0 Å². The zero-order valence-corrected chi connectivity index (χ0v) is 12.9.